The van der Waals surface area contributed by atoms with Gasteiger partial charge >= 0.3 is 7.48 Å². The van der Waals surface area contributed by atoms with Gasteiger partial charge in [-0.15, -0.1) is 0 Å². The van der Waals surface area contributed by atoms with Gasteiger partial charge in [0.1, 0.15) is 5.75 Å². The highest BCUT2D eigenvalue weighted by Gasteiger charge is 2.26. The fraction of sp³-hybridized carbons (Fsp3) is 0.400. The van der Waals surface area contributed by atoms with Gasteiger partial charge in [0.25, 0.3) is 0 Å². The number of aromatic nitrogens is 2. The number of fused-ring (bicyclic) bond motifs is 3. The van der Waals surface area contributed by atoms with E-state index in [2.05, 4.69) is 4.98 Å². The highest BCUT2D eigenvalue weighted by molar-refractivity contribution is 6.38. The minimum absolute atomic E-state index is 0.181. The Kier molecular flexibility index (Phi) is 2.92. The van der Waals surface area contributed by atoms with Crippen LogP contribution in [0.1, 0.15) is 42.7 Å². The topological polar surface area (TPSA) is 67.5 Å². The van der Waals surface area contributed by atoms with E-state index in [4.69, 9.17) is 4.65 Å². The molecule has 0 radical (unpaired) electrons. The van der Waals surface area contributed by atoms with E-state index in [1.807, 2.05) is 12.1 Å². The van der Waals surface area contributed by atoms with Crippen LogP contribution < -0.4 is 4.65 Å². The number of aliphatic hydroxyl groups is 1. The van der Waals surface area contributed by atoms with Crippen LogP contribution in [0.4, 0.5) is 0 Å². The molecule has 4 rings (SSSR count). The predicted molar refractivity (Wildman–Crippen MR) is 80.9 cm³/mol. The minimum atomic E-state index is -0.181. The molecule has 0 bridgehead atoms. The fourth-order valence-corrected chi connectivity index (χ4v) is 3.49. The maximum atomic E-state index is 10.1. The van der Waals surface area contributed by atoms with Crippen LogP contribution in [0.5, 0.6) is 5.75 Å². The van der Waals surface area contributed by atoms with Gasteiger partial charge in [0.2, 0.25) is 0 Å². The molecule has 0 spiro atoms. The lowest BCUT2D eigenvalue weighted by Crippen LogP contribution is -2.17. The molecule has 2 N–H and O–H groups in total. The van der Waals surface area contributed by atoms with Gasteiger partial charge in [0.15, 0.2) is 5.65 Å². The van der Waals surface area contributed by atoms with Gasteiger partial charge in [0, 0.05) is 17.1 Å². The van der Waals surface area contributed by atoms with E-state index >= 15 is 0 Å². The highest BCUT2D eigenvalue weighted by Crippen LogP contribution is 2.40. The summed E-state index contributed by atoms with van der Waals surface area (Å²) in [7, 11) is 0.560. The van der Waals surface area contributed by atoms with Gasteiger partial charge in [-0.05, 0) is 37.2 Å². The molecule has 2 aliphatic rings. The van der Waals surface area contributed by atoms with Crippen LogP contribution in [0.15, 0.2) is 18.4 Å². The Morgan fingerprint density at radius 1 is 1.29 bits per heavy atom. The fourth-order valence-electron chi connectivity index (χ4n) is 3.49. The number of pyridine rings is 1. The van der Waals surface area contributed by atoms with Crippen molar-refractivity contribution in [2.45, 2.75) is 37.7 Å². The molecule has 108 valence electrons. The van der Waals surface area contributed by atoms with Crippen molar-refractivity contribution in [3.63, 3.8) is 0 Å². The molecule has 1 fully saturated rings. The van der Waals surface area contributed by atoms with Crippen LogP contribution >= 0.6 is 0 Å². The predicted octanol–water partition coefficient (Wildman–Crippen LogP) is 2.01. The average molecular weight is 284 g/mol. The van der Waals surface area contributed by atoms with Gasteiger partial charge in [-0.2, -0.15) is 4.73 Å². The monoisotopic (exact) mass is 284 g/mol. The SMILES string of the molecule is On1cc([C@H]2CC[C@H](O)CC2)c2c3c(cnc21)OBC=C3. The third-order valence-electron chi connectivity index (χ3n) is 4.59. The maximum Gasteiger partial charge on any atom is 0.366 e. The summed E-state index contributed by atoms with van der Waals surface area (Å²) >= 11 is 0. The van der Waals surface area contributed by atoms with E-state index in [0.717, 1.165) is 52.7 Å². The Balaban J connectivity index is 1.87. The van der Waals surface area contributed by atoms with E-state index in [-0.39, 0.29) is 6.10 Å². The molecule has 5 nitrogen and oxygen atoms in total. The summed E-state index contributed by atoms with van der Waals surface area (Å²) in [5.74, 6) is 3.10. The van der Waals surface area contributed by atoms with Crippen molar-refractivity contribution in [2.75, 3.05) is 0 Å². The molecule has 2 aromatic heterocycles. The largest absolute Gasteiger partial charge is 0.558 e. The van der Waals surface area contributed by atoms with Crippen LogP contribution in [-0.4, -0.2) is 33.6 Å². The van der Waals surface area contributed by atoms with Crippen LogP contribution in [0.25, 0.3) is 17.1 Å². The third-order valence-corrected chi connectivity index (χ3v) is 4.59. The van der Waals surface area contributed by atoms with Crippen LogP contribution in [0.3, 0.4) is 0 Å². The highest BCUT2D eigenvalue weighted by atomic mass is 16.5. The van der Waals surface area contributed by atoms with Crippen LogP contribution in [0, 0.1) is 0 Å². The molecule has 0 aromatic carbocycles. The molecule has 21 heavy (non-hydrogen) atoms. The molecule has 0 unspecified atom stereocenters. The summed E-state index contributed by atoms with van der Waals surface area (Å²) in [6.45, 7) is 0. The molecular weight excluding hydrogens is 267 g/mol. The van der Waals surface area contributed by atoms with Gasteiger partial charge in [-0.1, -0.05) is 12.1 Å². The molecule has 0 amide bonds. The molecule has 3 heterocycles. The second-order valence-corrected chi connectivity index (χ2v) is 5.88. The van der Waals surface area contributed by atoms with Crippen molar-refractivity contribution in [3.05, 3.63) is 29.5 Å². The van der Waals surface area contributed by atoms with E-state index in [0.29, 0.717) is 19.0 Å². The Morgan fingerprint density at radius 3 is 2.90 bits per heavy atom. The molecule has 6 heteroatoms. The zero-order valence-corrected chi connectivity index (χ0v) is 11.7. The summed E-state index contributed by atoms with van der Waals surface area (Å²) in [5.41, 5.74) is 2.68. The van der Waals surface area contributed by atoms with Crippen LogP contribution in [0.2, 0.25) is 0 Å². The zero-order valence-electron chi connectivity index (χ0n) is 11.7. The maximum absolute atomic E-state index is 10.1. The van der Waals surface area contributed by atoms with Crippen molar-refractivity contribution in [3.8, 4) is 5.75 Å². The minimum Gasteiger partial charge on any atom is -0.558 e. The van der Waals surface area contributed by atoms with E-state index in [1.165, 1.54) is 0 Å². The molecule has 0 atom stereocenters. The summed E-state index contributed by atoms with van der Waals surface area (Å²) in [5, 5.41) is 20.8. The molecular formula is C15H17BN2O3. The number of rotatable bonds is 1. The summed E-state index contributed by atoms with van der Waals surface area (Å²) in [6, 6.07) is 0. The number of aliphatic hydroxyl groups excluding tert-OH is 1. The standard InChI is InChI=1S/C15H17BN2O3/c19-10-3-1-9(2-4-10)12-8-18(20)15-14(12)11-5-6-16-21-13(11)7-17-15/h5-10,16,19-20H,1-4H2/t9-,10-. The van der Waals surface area contributed by atoms with Crippen molar-refractivity contribution < 1.29 is 15.0 Å². The second-order valence-electron chi connectivity index (χ2n) is 5.88. The normalized spacial score (nSPS) is 24.4. The first-order valence-electron chi connectivity index (χ1n) is 7.44. The Morgan fingerprint density at radius 2 is 2.10 bits per heavy atom. The lowest BCUT2D eigenvalue weighted by Gasteiger charge is -2.25. The molecule has 2 aromatic rings. The quantitative estimate of drug-likeness (QED) is 0.621. The van der Waals surface area contributed by atoms with Gasteiger partial charge in [-0.3, -0.25) is 0 Å². The second kappa shape index (κ2) is 4.81. The summed E-state index contributed by atoms with van der Waals surface area (Å²) < 4.78 is 6.73. The van der Waals surface area contributed by atoms with Gasteiger partial charge < -0.3 is 15.0 Å². The Bertz CT molecular complexity index is 717. The van der Waals surface area contributed by atoms with Crippen molar-refractivity contribution in [2.24, 2.45) is 0 Å². The first kappa shape index (κ1) is 12.8. The molecule has 1 saturated carbocycles. The zero-order chi connectivity index (χ0) is 14.4. The first-order chi connectivity index (χ1) is 10.2. The Hall–Kier alpha value is -1.95. The number of nitrogens with zero attached hydrogens (tertiary/aromatic N) is 2. The smallest absolute Gasteiger partial charge is 0.366 e. The number of hydrogen-bond donors (Lipinski definition) is 2. The Labute approximate surface area is 123 Å². The van der Waals surface area contributed by atoms with Gasteiger partial charge in [-0.25, -0.2) is 4.98 Å². The van der Waals surface area contributed by atoms with Crippen molar-refractivity contribution in [1.82, 2.24) is 9.71 Å². The summed E-state index contributed by atoms with van der Waals surface area (Å²) in [4.78, 5) is 4.33. The summed E-state index contributed by atoms with van der Waals surface area (Å²) in [6.07, 6.45) is 8.81. The van der Waals surface area contributed by atoms with Gasteiger partial charge in [0.05, 0.1) is 12.3 Å². The van der Waals surface area contributed by atoms with E-state index < -0.39 is 0 Å². The lowest BCUT2D eigenvalue weighted by molar-refractivity contribution is 0.122. The molecule has 0 saturated heterocycles. The van der Waals surface area contributed by atoms with Crippen molar-refractivity contribution in [1.29, 1.82) is 0 Å². The van der Waals surface area contributed by atoms with Crippen molar-refractivity contribution >= 4 is 24.6 Å². The first-order valence-corrected chi connectivity index (χ1v) is 7.44. The lowest BCUT2D eigenvalue weighted by atomic mass is 9.82. The number of hydrogen-bond acceptors (Lipinski definition) is 4. The van der Waals surface area contributed by atoms with Crippen LogP contribution in [-0.2, 0) is 0 Å². The molecule has 1 aliphatic carbocycles. The van der Waals surface area contributed by atoms with E-state index in [1.54, 1.807) is 12.4 Å². The van der Waals surface area contributed by atoms with E-state index in [9.17, 15) is 10.3 Å². The molecule has 1 aliphatic heterocycles. The average Bonchev–Trinajstić information content (AvgIpc) is 2.86. The third kappa shape index (κ3) is 2.02.